The van der Waals surface area contributed by atoms with E-state index in [9.17, 15) is 14.9 Å². The second-order valence-electron chi connectivity index (χ2n) is 5.02. The molecular weight excluding hydrogens is 310 g/mol. The van der Waals surface area contributed by atoms with Gasteiger partial charge in [-0.1, -0.05) is 6.08 Å². The van der Waals surface area contributed by atoms with E-state index in [2.05, 4.69) is 0 Å². The van der Waals surface area contributed by atoms with Gasteiger partial charge in [0.15, 0.2) is 0 Å². The number of benzene rings is 2. The minimum Gasteiger partial charge on any atom is -0.489 e. The normalized spacial score (nSPS) is 11.0. The monoisotopic (exact) mass is 323 g/mol. The Balaban J connectivity index is 1.63. The molecule has 1 heterocycles. The summed E-state index contributed by atoms with van der Waals surface area (Å²) in [4.78, 5) is 21.4. The van der Waals surface area contributed by atoms with E-state index in [0.717, 1.165) is 10.9 Å². The van der Waals surface area contributed by atoms with Gasteiger partial charge in [-0.15, -0.1) is 0 Å². The van der Waals surface area contributed by atoms with E-state index in [4.69, 9.17) is 9.15 Å². The summed E-state index contributed by atoms with van der Waals surface area (Å²) in [7, 11) is 0. The van der Waals surface area contributed by atoms with Gasteiger partial charge in [0.2, 0.25) is 0 Å². The number of nitrogens with zero attached hydrogens (tertiary/aromatic N) is 1. The maximum Gasteiger partial charge on any atom is 0.336 e. The molecule has 3 rings (SSSR count). The summed E-state index contributed by atoms with van der Waals surface area (Å²) in [5.74, 6) is 0.588. The fraction of sp³-hybridized carbons (Fsp3) is 0.0556. The molecule has 6 nitrogen and oxygen atoms in total. The van der Waals surface area contributed by atoms with Crippen molar-refractivity contribution in [2.45, 2.75) is 0 Å². The molecule has 120 valence electrons. The number of ether oxygens (including phenoxy) is 1. The molecule has 0 saturated heterocycles. The first-order valence-corrected chi connectivity index (χ1v) is 7.19. The lowest BCUT2D eigenvalue weighted by Gasteiger charge is -2.04. The molecule has 0 saturated carbocycles. The van der Waals surface area contributed by atoms with Crippen molar-refractivity contribution in [1.82, 2.24) is 0 Å². The number of nitro benzene ring substituents is 1. The smallest absolute Gasteiger partial charge is 0.336 e. The van der Waals surface area contributed by atoms with Gasteiger partial charge in [-0.3, -0.25) is 10.1 Å². The summed E-state index contributed by atoms with van der Waals surface area (Å²) in [6.45, 7) is 0.319. The summed E-state index contributed by atoms with van der Waals surface area (Å²) >= 11 is 0. The van der Waals surface area contributed by atoms with Gasteiger partial charge in [0.1, 0.15) is 17.9 Å². The zero-order valence-corrected chi connectivity index (χ0v) is 12.5. The van der Waals surface area contributed by atoms with Crippen LogP contribution in [0.1, 0.15) is 5.56 Å². The van der Waals surface area contributed by atoms with Crippen LogP contribution < -0.4 is 10.4 Å². The van der Waals surface area contributed by atoms with E-state index in [1.807, 2.05) is 12.1 Å². The van der Waals surface area contributed by atoms with Crippen LogP contribution in [0.15, 0.2) is 69.9 Å². The summed E-state index contributed by atoms with van der Waals surface area (Å²) < 4.78 is 10.7. The molecule has 0 N–H and O–H groups in total. The Kier molecular flexibility index (Phi) is 4.38. The SMILES string of the molecule is O=c1ccc2ccc(OC/C=C/c3ccc([N+](=O)[O-])cc3)cc2o1. The minimum atomic E-state index is -0.436. The molecular formula is C18H13NO5. The largest absolute Gasteiger partial charge is 0.489 e. The van der Waals surface area contributed by atoms with E-state index in [1.54, 1.807) is 36.4 Å². The fourth-order valence-corrected chi connectivity index (χ4v) is 2.17. The molecule has 0 bridgehead atoms. The summed E-state index contributed by atoms with van der Waals surface area (Å²) in [5, 5.41) is 11.4. The number of hydrogen-bond acceptors (Lipinski definition) is 5. The van der Waals surface area contributed by atoms with Gasteiger partial charge in [-0.05, 0) is 42.0 Å². The quantitative estimate of drug-likeness (QED) is 0.405. The molecule has 24 heavy (non-hydrogen) atoms. The van der Waals surface area contributed by atoms with Crippen LogP contribution in [0, 0.1) is 10.1 Å². The summed E-state index contributed by atoms with van der Waals surface area (Å²) in [6, 6.07) is 14.6. The van der Waals surface area contributed by atoms with E-state index < -0.39 is 10.5 Å². The van der Waals surface area contributed by atoms with Gasteiger partial charge in [0.05, 0.1) is 4.92 Å². The van der Waals surface area contributed by atoms with Crippen molar-refractivity contribution in [2.75, 3.05) is 6.61 Å². The molecule has 0 atom stereocenters. The number of non-ortho nitro benzene ring substituents is 1. The third-order valence-electron chi connectivity index (χ3n) is 3.35. The molecule has 0 fully saturated rings. The summed E-state index contributed by atoms with van der Waals surface area (Å²) in [5.41, 5.74) is 0.965. The lowest BCUT2D eigenvalue weighted by molar-refractivity contribution is -0.384. The highest BCUT2D eigenvalue weighted by atomic mass is 16.6. The highest BCUT2D eigenvalue weighted by Gasteiger charge is 2.02. The highest BCUT2D eigenvalue weighted by molar-refractivity contribution is 5.77. The number of nitro groups is 1. The Labute approximate surface area is 136 Å². The zero-order chi connectivity index (χ0) is 16.9. The van der Waals surface area contributed by atoms with Gasteiger partial charge in [0, 0.05) is 29.7 Å². The molecule has 0 radical (unpaired) electrons. The molecule has 0 aliphatic heterocycles. The van der Waals surface area contributed by atoms with Gasteiger partial charge < -0.3 is 9.15 Å². The average Bonchev–Trinajstić information content (AvgIpc) is 2.58. The maximum absolute atomic E-state index is 11.2. The van der Waals surface area contributed by atoms with E-state index >= 15 is 0 Å². The van der Waals surface area contributed by atoms with Gasteiger partial charge in [-0.25, -0.2) is 4.79 Å². The van der Waals surface area contributed by atoms with Crippen LogP contribution in [-0.4, -0.2) is 11.5 Å². The van der Waals surface area contributed by atoms with Crippen molar-refractivity contribution >= 4 is 22.7 Å². The van der Waals surface area contributed by atoms with Crippen LogP contribution in [0.5, 0.6) is 5.75 Å². The Morgan fingerprint density at radius 3 is 2.58 bits per heavy atom. The zero-order valence-electron chi connectivity index (χ0n) is 12.5. The predicted octanol–water partition coefficient (Wildman–Crippen LogP) is 3.79. The van der Waals surface area contributed by atoms with Crippen molar-refractivity contribution in [2.24, 2.45) is 0 Å². The lowest BCUT2D eigenvalue weighted by atomic mass is 10.2. The molecule has 0 spiro atoms. The molecule has 0 aliphatic rings. The molecule has 1 aromatic heterocycles. The summed E-state index contributed by atoms with van der Waals surface area (Å²) in [6.07, 6.45) is 3.61. The molecule has 6 heteroatoms. The van der Waals surface area contributed by atoms with Crippen LogP contribution >= 0.6 is 0 Å². The van der Waals surface area contributed by atoms with Gasteiger partial charge in [-0.2, -0.15) is 0 Å². The van der Waals surface area contributed by atoms with Crippen molar-refractivity contribution in [3.63, 3.8) is 0 Å². The number of fused-ring (bicyclic) bond motifs is 1. The molecule has 2 aromatic carbocycles. The van der Waals surface area contributed by atoms with E-state index in [0.29, 0.717) is 17.9 Å². The second kappa shape index (κ2) is 6.78. The predicted molar refractivity (Wildman–Crippen MR) is 90.1 cm³/mol. The Hall–Kier alpha value is -3.41. The topological polar surface area (TPSA) is 82.6 Å². The van der Waals surface area contributed by atoms with Crippen molar-refractivity contribution < 1.29 is 14.1 Å². The lowest BCUT2D eigenvalue weighted by Crippen LogP contribution is -1.96. The Morgan fingerprint density at radius 2 is 1.83 bits per heavy atom. The first-order valence-electron chi connectivity index (χ1n) is 7.19. The molecule has 0 aliphatic carbocycles. The van der Waals surface area contributed by atoms with Crippen LogP contribution in [-0.2, 0) is 0 Å². The third-order valence-corrected chi connectivity index (χ3v) is 3.35. The number of rotatable bonds is 5. The Morgan fingerprint density at radius 1 is 1.08 bits per heavy atom. The van der Waals surface area contributed by atoms with Crippen molar-refractivity contribution in [1.29, 1.82) is 0 Å². The molecule has 3 aromatic rings. The van der Waals surface area contributed by atoms with Crippen LogP contribution in [0.3, 0.4) is 0 Å². The van der Waals surface area contributed by atoms with Crippen LogP contribution in [0.25, 0.3) is 17.0 Å². The average molecular weight is 323 g/mol. The van der Waals surface area contributed by atoms with E-state index in [-0.39, 0.29) is 5.69 Å². The van der Waals surface area contributed by atoms with Crippen LogP contribution in [0.2, 0.25) is 0 Å². The number of hydrogen-bond donors (Lipinski definition) is 0. The highest BCUT2D eigenvalue weighted by Crippen LogP contribution is 2.19. The molecule has 0 amide bonds. The third kappa shape index (κ3) is 3.67. The first kappa shape index (κ1) is 15.5. The van der Waals surface area contributed by atoms with Gasteiger partial charge >= 0.3 is 5.63 Å². The van der Waals surface area contributed by atoms with Gasteiger partial charge in [0.25, 0.3) is 5.69 Å². The maximum atomic E-state index is 11.2. The van der Waals surface area contributed by atoms with Crippen LogP contribution in [0.4, 0.5) is 5.69 Å². The molecule has 0 unspecified atom stereocenters. The van der Waals surface area contributed by atoms with E-state index in [1.165, 1.54) is 18.2 Å². The van der Waals surface area contributed by atoms with Crippen molar-refractivity contribution in [3.05, 3.63) is 86.8 Å². The Bertz CT molecular complexity index is 957. The first-order chi connectivity index (χ1) is 11.6. The minimum absolute atomic E-state index is 0.0565. The standard InChI is InChI=1S/C18H13NO5/c20-18-10-6-14-5-9-16(12-17(14)24-18)23-11-1-2-13-3-7-15(8-4-13)19(21)22/h1-10,12H,11H2/b2-1+. The van der Waals surface area contributed by atoms with Crippen molar-refractivity contribution in [3.8, 4) is 5.75 Å². The second-order valence-corrected chi connectivity index (χ2v) is 5.02. The fourth-order valence-electron chi connectivity index (χ4n) is 2.17.